The van der Waals surface area contributed by atoms with E-state index in [1.165, 1.54) is 22.7 Å². The second-order valence-corrected chi connectivity index (χ2v) is 10.4. The molecule has 4 aromatic rings. The molecule has 1 aliphatic rings. The number of carbonyl (C=O) groups is 1. The number of fused-ring (bicyclic) bond motifs is 1. The second-order valence-electron chi connectivity index (χ2n) is 9.58. The van der Waals surface area contributed by atoms with Gasteiger partial charge >= 0.3 is 0 Å². The maximum atomic E-state index is 13.1. The van der Waals surface area contributed by atoms with Gasteiger partial charge < -0.3 is 20.5 Å². The minimum Gasteiger partial charge on any atom is -0.496 e. The smallest absolute Gasteiger partial charge is 0.241 e. The number of carbonyl (C=O) groups excluding carboxylic acids is 1. The van der Waals surface area contributed by atoms with E-state index in [4.69, 9.17) is 15.2 Å². The molecule has 1 atom stereocenters. The first kappa shape index (κ1) is 25.7. The molecule has 1 amide bonds. The number of aryl methyl sites for hydroxylation is 1. The van der Waals surface area contributed by atoms with Crippen molar-refractivity contribution in [2.45, 2.75) is 32.7 Å². The Morgan fingerprint density at radius 2 is 1.84 bits per heavy atom. The zero-order chi connectivity index (χ0) is 26.8. The number of aromatic nitrogens is 1. The highest BCUT2D eigenvalue weighted by Gasteiger charge is 2.21. The predicted octanol–water partition coefficient (Wildman–Crippen LogP) is 6.41. The van der Waals surface area contributed by atoms with E-state index in [-0.39, 0.29) is 5.91 Å². The number of hydrogen-bond donors (Lipinski definition) is 2. The van der Waals surface area contributed by atoms with Crippen molar-refractivity contribution in [3.63, 3.8) is 0 Å². The van der Waals surface area contributed by atoms with Gasteiger partial charge in [0, 0.05) is 11.8 Å². The SMILES string of the molecule is COc1ccc(-c2cnsc2-c2cc(C)c(C)c(OC)c2)cc1NC(=O)[C@H](N)CC1=Cc2ccccc2C1. The van der Waals surface area contributed by atoms with Gasteiger partial charge in [-0.25, -0.2) is 0 Å². The Balaban J connectivity index is 1.38. The van der Waals surface area contributed by atoms with Crippen molar-refractivity contribution >= 4 is 29.2 Å². The first-order valence-electron chi connectivity index (χ1n) is 12.5. The Labute approximate surface area is 227 Å². The monoisotopic (exact) mass is 525 g/mol. The van der Waals surface area contributed by atoms with Crippen LogP contribution in [0, 0.1) is 13.8 Å². The van der Waals surface area contributed by atoms with Crippen molar-refractivity contribution < 1.29 is 14.3 Å². The van der Waals surface area contributed by atoms with Gasteiger partial charge in [-0.3, -0.25) is 4.79 Å². The van der Waals surface area contributed by atoms with Gasteiger partial charge in [0.1, 0.15) is 11.5 Å². The molecular weight excluding hydrogens is 494 g/mol. The Morgan fingerprint density at radius 1 is 1.05 bits per heavy atom. The summed E-state index contributed by atoms with van der Waals surface area (Å²) >= 11 is 1.43. The third kappa shape index (κ3) is 5.08. The van der Waals surface area contributed by atoms with Gasteiger partial charge in [0.2, 0.25) is 5.91 Å². The summed E-state index contributed by atoms with van der Waals surface area (Å²) in [6.45, 7) is 4.13. The average molecular weight is 526 g/mol. The van der Waals surface area contributed by atoms with E-state index in [1.54, 1.807) is 14.2 Å². The minimum atomic E-state index is -0.676. The van der Waals surface area contributed by atoms with Crippen LogP contribution in [0.1, 0.15) is 28.7 Å². The Morgan fingerprint density at radius 3 is 2.61 bits per heavy atom. The van der Waals surface area contributed by atoms with Crippen LogP contribution in [0.15, 0.2) is 66.4 Å². The standard InChI is InChI=1S/C31H31N3O3S/c1-18-11-24(16-29(37-4)19(18)2)30-25(17-33-38-30)23-9-10-28(36-3)27(15-23)34-31(35)26(32)14-20-12-21-7-5-6-8-22(21)13-20/h5-12,15-17,26H,13-14,32H2,1-4H3,(H,34,35)/t26-/m1/s1. The molecule has 3 aromatic carbocycles. The lowest BCUT2D eigenvalue weighted by atomic mass is 9.99. The fourth-order valence-corrected chi connectivity index (χ4v) is 5.64. The van der Waals surface area contributed by atoms with Gasteiger partial charge in [-0.05, 0) is 89.8 Å². The normalized spacial score (nSPS) is 13.0. The third-order valence-electron chi connectivity index (χ3n) is 7.09. The van der Waals surface area contributed by atoms with Crippen molar-refractivity contribution in [1.82, 2.24) is 4.37 Å². The van der Waals surface area contributed by atoms with E-state index in [0.717, 1.165) is 50.4 Å². The number of hydrogen-bond acceptors (Lipinski definition) is 6. The van der Waals surface area contributed by atoms with E-state index < -0.39 is 6.04 Å². The molecule has 38 heavy (non-hydrogen) atoms. The van der Waals surface area contributed by atoms with Crippen LogP contribution in [0.3, 0.4) is 0 Å². The van der Waals surface area contributed by atoms with Crippen LogP contribution in [-0.2, 0) is 11.2 Å². The summed E-state index contributed by atoms with van der Waals surface area (Å²) in [6, 6.07) is 17.5. The molecule has 0 fully saturated rings. The molecule has 0 saturated carbocycles. The summed E-state index contributed by atoms with van der Waals surface area (Å²) in [7, 11) is 3.27. The van der Waals surface area contributed by atoms with Crippen LogP contribution in [0.4, 0.5) is 5.69 Å². The third-order valence-corrected chi connectivity index (χ3v) is 7.94. The molecule has 1 heterocycles. The lowest BCUT2D eigenvalue weighted by Crippen LogP contribution is -2.36. The summed E-state index contributed by atoms with van der Waals surface area (Å²) in [5, 5.41) is 3.00. The molecule has 1 aromatic heterocycles. The van der Waals surface area contributed by atoms with Gasteiger partial charge in [0.25, 0.3) is 0 Å². The fourth-order valence-electron chi connectivity index (χ4n) is 4.88. The molecule has 0 spiro atoms. The van der Waals surface area contributed by atoms with Gasteiger partial charge in [0.05, 0.1) is 30.8 Å². The number of rotatable bonds is 8. The Bertz CT molecular complexity index is 1540. The van der Waals surface area contributed by atoms with Crippen molar-refractivity contribution in [1.29, 1.82) is 0 Å². The minimum absolute atomic E-state index is 0.250. The number of nitrogens with two attached hydrogens (primary N) is 1. The molecule has 7 heteroatoms. The van der Waals surface area contributed by atoms with Crippen LogP contribution in [0.5, 0.6) is 11.5 Å². The van der Waals surface area contributed by atoms with Crippen LogP contribution in [-0.4, -0.2) is 30.5 Å². The Kier molecular flexibility index (Phi) is 7.31. The van der Waals surface area contributed by atoms with E-state index in [2.05, 4.69) is 47.8 Å². The number of ether oxygens (including phenoxy) is 2. The summed E-state index contributed by atoms with van der Waals surface area (Å²) in [6.07, 6.45) is 5.31. The van der Waals surface area contributed by atoms with Gasteiger partial charge in [-0.1, -0.05) is 48.0 Å². The number of nitrogens with zero attached hydrogens (tertiary/aromatic N) is 1. The number of amides is 1. The molecule has 3 N–H and O–H groups in total. The van der Waals surface area contributed by atoms with Crippen LogP contribution < -0.4 is 20.5 Å². The summed E-state index contributed by atoms with van der Waals surface area (Å²) in [5.41, 5.74) is 15.7. The number of nitrogens with one attached hydrogen (secondary N) is 1. The lowest BCUT2D eigenvalue weighted by molar-refractivity contribution is -0.117. The van der Waals surface area contributed by atoms with Crippen LogP contribution >= 0.6 is 11.5 Å². The van der Waals surface area contributed by atoms with Gasteiger partial charge in [-0.2, -0.15) is 4.37 Å². The molecule has 0 radical (unpaired) electrons. The molecule has 6 nitrogen and oxygen atoms in total. The topological polar surface area (TPSA) is 86.5 Å². The molecule has 0 bridgehead atoms. The highest BCUT2D eigenvalue weighted by Crippen LogP contribution is 2.40. The molecule has 194 valence electrons. The van der Waals surface area contributed by atoms with E-state index in [1.807, 2.05) is 42.6 Å². The first-order chi connectivity index (χ1) is 18.4. The van der Waals surface area contributed by atoms with Crippen LogP contribution in [0.2, 0.25) is 0 Å². The fraction of sp³-hybridized carbons (Fsp3) is 0.226. The number of anilines is 1. The Hall–Kier alpha value is -3.94. The highest BCUT2D eigenvalue weighted by atomic mass is 32.1. The van der Waals surface area contributed by atoms with Gasteiger partial charge in [-0.15, -0.1) is 0 Å². The summed E-state index contributed by atoms with van der Waals surface area (Å²) in [5.74, 6) is 1.16. The maximum absolute atomic E-state index is 13.1. The van der Waals surface area contributed by atoms with E-state index in [0.29, 0.717) is 17.9 Å². The molecular formula is C31H31N3O3S. The number of benzene rings is 3. The molecule has 1 aliphatic carbocycles. The quantitative estimate of drug-likeness (QED) is 0.278. The van der Waals surface area contributed by atoms with Crippen molar-refractivity contribution in [3.05, 3.63) is 88.6 Å². The average Bonchev–Trinajstić information content (AvgIpc) is 3.57. The largest absolute Gasteiger partial charge is 0.496 e. The maximum Gasteiger partial charge on any atom is 0.241 e. The molecule has 0 aliphatic heterocycles. The summed E-state index contributed by atoms with van der Waals surface area (Å²) in [4.78, 5) is 14.2. The zero-order valence-corrected chi connectivity index (χ0v) is 22.8. The molecule has 5 rings (SSSR count). The lowest BCUT2D eigenvalue weighted by Gasteiger charge is -2.16. The van der Waals surface area contributed by atoms with E-state index >= 15 is 0 Å². The molecule has 0 saturated heterocycles. The van der Waals surface area contributed by atoms with E-state index in [9.17, 15) is 4.79 Å². The van der Waals surface area contributed by atoms with Crippen molar-refractivity contribution in [2.24, 2.45) is 5.73 Å². The molecule has 0 unspecified atom stereocenters. The van der Waals surface area contributed by atoms with Crippen LogP contribution in [0.25, 0.3) is 27.6 Å². The summed E-state index contributed by atoms with van der Waals surface area (Å²) < 4.78 is 15.6. The first-order valence-corrected chi connectivity index (χ1v) is 13.3. The predicted molar refractivity (Wildman–Crippen MR) is 155 cm³/mol. The highest BCUT2D eigenvalue weighted by molar-refractivity contribution is 7.10. The van der Waals surface area contributed by atoms with Crippen molar-refractivity contribution in [3.8, 4) is 33.1 Å². The van der Waals surface area contributed by atoms with Gasteiger partial charge in [0.15, 0.2) is 0 Å². The zero-order valence-electron chi connectivity index (χ0n) is 22.0. The number of methoxy groups -OCH3 is 2. The second kappa shape index (κ2) is 10.8. The van der Waals surface area contributed by atoms with Crippen molar-refractivity contribution in [2.75, 3.05) is 19.5 Å².